The van der Waals surface area contributed by atoms with Crippen LogP contribution >= 0.6 is 0 Å². The number of rotatable bonds is 3. The predicted molar refractivity (Wildman–Crippen MR) is 94.3 cm³/mol. The van der Waals surface area contributed by atoms with E-state index in [2.05, 4.69) is 5.32 Å². The smallest absolute Gasteiger partial charge is 0.321 e. The number of benzene rings is 1. The number of urea groups is 1. The van der Waals surface area contributed by atoms with Crippen LogP contribution < -0.4 is 5.32 Å². The molecule has 0 bridgehead atoms. The zero-order valence-corrected chi connectivity index (χ0v) is 14.7. The molecule has 2 fully saturated rings. The highest BCUT2D eigenvalue weighted by Crippen LogP contribution is 2.36. The number of anilines is 1. The number of nitrogens with one attached hydrogen (secondary N) is 1. The Morgan fingerprint density at radius 2 is 2.21 bits per heavy atom. The van der Waals surface area contributed by atoms with Crippen molar-refractivity contribution < 1.29 is 14.3 Å². The second-order valence-electron chi connectivity index (χ2n) is 6.89. The maximum Gasteiger partial charge on any atom is 0.321 e. The predicted octanol–water partition coefficient (Wildman–Crippen LogP) is 3.58. The first-order valence-electron chi connectivity index (χ1n) is 8.98. The van der Waals surface area contributed by atoms with Gasteiger partial charge in [0.15, 0.2) is 0 Å². The summed E-state index contributed by atoms with van der Waals surface area (Å²) in [6.07, 6.45) is 4.01. The van der Waals surface area contributed by atoms with Gasteiger partial charge in [0.25, 0.3) is 0 Å². The van der Waals surface area contributed by atoms with Gasteiger partial charge in [0.1, 0.15) is 0 Å². The number of likely N-dealkylation sites (tertiary alicyclic amines) is 1. The summed E-state index contributed by atoms with van der Waals surface area (Å²) in [5, 5.41) is 2.99. The summed E-state index contributed by atoms with van der Waals surface area (Å²) in [5.74, 6) is 0. The molecule has 2 aliphatic heterocycles. The molecule has 1 N–H and O–H groups in total. The van der Waals surface area contributed by atoms with Gasteiger partial charge in [-0.1, -0.05) is 12.1 Å². The molecule has 0 radical (unpaired) electrons. The third-order valence-electron chi connectivity index (χ3n) is 5.08. The average Bonchev–Trinajstić information content (AvgIpc) is 2.56. The van der Waals surface area contributed by atoms with Crippen LogP contribution in [0.4, 0.5) is 10.5 Å². The fourth-order valence-electron chi connectivity index (χ4n) is 3.75. The molecule has 2 saturated heterocycles. The molecule has 0 saturated carbocycles. The van der Waals surface area contributed by atoms with Gasteiger partial charge in [0, 0.05) is 38.4 Å². The summed E-state index contributed by atoms with van der Waals surface area (Å²) in [6, 6.07) is 7.87. The molecule has 2 aliphatic rings. The third-order valence-corrected chi connectivity index (χ3v) is 5.08. The van der Waals surface area contributed by atoms with Gasteiger partial charge in [0.2, 0.25) is 0 Å². The van der Waals surface area contributed by atoms with Crippen LogP contribution in [0.5, 0.6) is 0 Å². The van der Waals surface area contributed by atoms with E-state index in [4.69, 9.17) is 9.47 Å². The Kier molecular flexibility index (Phi) is 5.41. The molecule has 0 aliphatic carbocycles. The van der Waals surface area contributed by atoms with Crippen molar-refractivity contribution >= 4 is 11.7 Å². The van der Waals surface area contributed by atoms with E-state index in [1.807, 2.05) is 43.0 Å². The maximum atomic E-state index is 12.5. The SMILES string of the molecule is CCOC1CCOC2(CCN(C(=O)Nc3cccc(C)c3)CC2)C1. The van der Waals surface area contributed by atoms with Gasteiger partial charge in [-0.2, -0.15) is 0 Å². The lowest BCUT2D eigenvalue weighted by Gasteiger charge is -2.45. The van der Waals surface area contributed by atoms with Gasteiger partial charge in [0.05, 0.1) is 11.7 Å². The van der Waals surface area contributed by atoms with Crippen molar-refractivity contribution in [2.24, 2.45) is 0 Å². The fraction of sp³-hybridized carbons (Fsp3) is 0.632. The lowest BCUT2D eigenvalue weighted by Crippen LogP contribution is -2.52. The van der Waals surface area contributed by atoms with Crippen LogP contribution in [0.1, 0.15) is 38.2 Å². The van der Waals surface area contributed by atoms with E-state index in [-0.39, 0.29) is 11.6 Å². The second kappa shape index (κ2) is 7.53. The van der Waals surface area contributed by atoms with Crippen LogP contribution in [0.25, 0.3) is 0 Å². The lowest BCUT2D eigenvalue weighted by molar-refractivity contribution is -0.150. The largest absolute Gasteiger partial charge is 0.378 e. The molecule has 5 nitrogen and oxygen atoms in total. The molecule has 2 amide bonds. The van der Waals surface area contributed by atoms with E-state index in [1.54, 1.807) is 0 Å². The van der Waals surface area contributed by atoms with Crippen LogP contribution in [0.15, 0.2) is 24.3 Å². The Hall–Kier alpha value is -1.59. The third kappa shape index (κ3) is 4.08. The van der Waals surface area contributed by atoms with Crippen LogP contribution in [0, 0.1) is 6.92 Å². The summed E-state index contributed by atoms with van der Waals surface area (Å²) in [6.45, 7) is 7.05. The van der Waals surface area contributed by atoms with E-state index in [1.165, 1.54) is 0 Å². The van der Waals surface area contributed by atoms with Crippen molar-refractivity contribution in [3.05, 3.63) is 29.8 Å². The van der Waals surface area contributed by atoms with Crippen molar-refractivity contribution in [2.75, 3.05) is 31.6 Å². The number of piperidine rings is 1. The topological polar surface area (TPSA) is 50.8 Å². The molecule has 1 spiro atoms. The quantitative estimate of drug-likeness (QED) is 0.920. The highest BCUT2D eigenvalue weighted by Gasteiger charge is 2.41. The molecule has 1 aromatic rings. The number of carbonyl (C=O) groups is 1. The van der Waals surface area contributed by atoms with E-state index in [0.29, 0.717) is 6.10 Å². The van der Waals surface area contributed by atoms with Crippen molar-refractivity contribution in [1.82, 2.24) is 4.90 Å². The minimum Gasteiger partial charge on any atom is -0.378 e. The second-order valence-corrected chi connectivity index (χ2v) is 6.89. The number of aryl methyl sites for hydroxylation is 1. The first-order valence-corrected chi connectivity index (χ1v) is 8.98. The fourth-order valence-corrected chi connectivity index (χ4v) is 3.75. The van der Waals surface area contributed by atoms with Crippen LogP contribution in [-0.4, -0.2) is 48.9 Å². The van der Waals surface area contributed by atoms with Crippen molar-refractivity contribution in [2.45, 2.75) is 51.2 Å². The Balaban J connectivity index is 1.53. The molecule has 1 atom stereocenters. The molecular formula is C19H28N2O3. The van der Waals surface area contributed by atoms with Crippen LogP contribution in [-0.2, 0) is 9.47 Å². The van der Waals surface area contributed by atoms with Gasteiger partial charge in [-0.25, -0.2) is 4.79 Å². The van der Waals surface area contributed by atoms with E-state index < -0.39 is 0 Å². The summed E-state index contributed by atoms with van der Waals surface area (Å²) >= 11 is 0. The number of hydrogen-bond acceptors (Lipinski definition) is 3. The number of ether oxygens (including phenoxy) is 2. The lowest BCUT2D eigenvalue weighted by atomic mass is 9.83. The molecule has 0 aromatic heterocycles. The van der Waals surface area contributed by atoms with E-state index in [0.717, 1.165) is 63.2 Å². The van der Waals surface area contributed by atoms with Gasteiger partial charge < -0.3 is 19.7 Å². The first-order chi connectivity index (χ1) is 11.6. The number of nitrogens with zero attached hydrogens (tertiary/aromatic N) is 1. The van der Waals surface area contributed by atoms with Crippen LogP contribution in [0.3, 0.4) is 0 Å². The Bertz CT molecular complexity index is 565. The van der Waals surface area contributed by atoms with E-state index >= 15 is 0 Å². The first kappa shape index (κ1) is 17.2. The minimum absolute atomic E-state index is 0.0207. The Morgan fingerprint density at radius 1 is 1.42 bits per heavy atom. The minimum atomic E-state index is -0.0990. The Labute approximate surface area is 144 Å². The molecule has 132 valence electrons. The van der Waals surface area contributed by atoms with E-state index in [9.17, 15) is 4.79 Å². The van der Waals surface area contributed by atoms with Crippen LogP contribution in [0.2, 0.25) is 0 Å². The highest BCUT2D eigenvalue weighted by atomic mass is 16.5. The maximum absolute atomic E-state index is 12.5. The summed E-state index contributed by atoms with van der Waals surface area (Å²) in [4.78, 5) is 14.4. The van der Waals surface area contributed by atoms with Crippen molar-refractivity contribution in [3.8, 4) is 0 Å². The molecule has 1 aromatic carbocycles. The molecular weight excluding hydrogens is 304 g/mol. The summed E-state index contributed by atoms with van der Waals surface area (Å²) < 4.78 is 11.9. The average molecular weight is 332 g/mol. The molecule has 2 heterocycles. The van der Waals surface area contributed by atoms with Gasteiger partial charge in [-0.05, 0) is 50.8 Å². The highest BCUT2D eigenvalue weighted by molar-refractivity contribution is 5.89. The molecule has 3 rings (SSSR count). The zero-order valence-electron chi connectivity index (χ0n) is 14.7. The van der Waals surface area contributed by atoms with Gasteiger partial charge >= 0.3 is 6.03 Å². The molecule has 24 heavy (non-hydrogen) atoms. The Morgan fingerprint density at radius 3 is 2.92 bits per heavy atom. The summed E-state index contributed by atoms with van der Waals surface area (Å²) in [7, 11) is 0. The summed E-state index contributed by atoms with van der Waals surface area (Å²) in [5.41, 5.74) is 1.90. The molecule has 5 heteroatoms. The van der Waals surface area contributed by atoms with Gasteiger partial charge in [-0.3, -0.25) is 0 Å². The number of hydrogen-bond donors (Lipinski definition) is 1. The van der Waals surface area contributed by atoms with Crippen molar-refractivity contribution in [1.29, 1.82) is 0 Å². The monoisotopic (exact) mass is 332 g/mol. The normalized spacial score (nSPS) is 23.2. The zero-order chi connectivity index (χ0) is 17.0. The standard InChI is InChI=1S/C19H28N2O3/c1-3-23-17-7-12-24-19(14-17)8-10-21(11-9-19)18(22)20-16-6-4-5-15(2)13-16/h4-6,13,17H,3,7-12,14H2,1-2H3,(H,20,22). The number of carbonyl (C=O) groups excluding carboxylic acids is 1. The van der Waals surface area contributed by atoms with Gasteiger partial charge in [-0.15, -0.1) is 0 Å². The van der Waals surface area contributed by atoms with Crippen molar-refractivity contribution in [3.63, 3.8) is 0 Å². The number of amides is 2. The molecule has 1 unspecified atom stereocenters.